The van der Waals surface area contributed by atoms with Crippen LogP contribution in [0.25, 0.3) is 0 Å². The molecule has 2 fully saturated rings. The number of carbonyl (C=O) groups is 3. The Labute approximate surface area is 209 Å². The lowest BCUT2D eigenvalue weighted by Gasteiger charge is -2.59. The van der Waals surface area contributed by atoms with E-state index in [1.54, 1.807) is 24.1 Å². The third kappa shape index (κ3) is 3.00. The Morgan fingerprint density at radius 2 is 1.44 bits per heavy atom. The number of β-lactam (4-membered cyclic amide) rings is 1. The van der Waals surface area contributed by atoms with E-state index in [4.69, 9.17) is 4.74 Å². The molecule has 0 N–H and O–H groups in total. The molecule has 6 heteroatoms. The maximum atomic E-state index is 14.2. The molecular formula is C30H26N2O4. The summed E-state index contributed by atoms with van der Waals surface area (Å²) in [5, 5.41) is 0. The molecule has 2 aliphatic heterocycles. The smallest absolute Gasteiger partial charge is 0.240 e. The van der Waals surface area contributed by atoms with E-state index in [1.165, 1.54) is 4.90 Å². The van der Waals surface area contributed by atoms with Crippen molar-refractivity contribution in [2.45, 2.75) is 19.4 Å². The van der Waals surface area contributed by atoms with E-state index in [0.29, 0.717) is 17.9 Å². The number of imide groups is 1. The van der Waals surface area contributed by atoms with Crippen molar-refractivity contribution in [3.05, 3.63) is 102 Å². The summed E-state index contributed by atoms with van der Waals surface area (Å²) >= 11 is 0. The number of carbonyl (C=O) groups excluding carboxylic acids is 3. The van der Waals surface area contributed by atoms with Crippen molar-refractivity contribution >= 4 is 29.1 Å². The summed E-state index contributed by atoms with van der Waals surface area (Å²) < 4.78 is 5.30. The van der Waals surface area contributed by atoms with Crippen LogP contribution in [0.5, 0.6) is 5.75 Å². The molecule has 6 rings (SSSR count). The van der Waals surface area contributed by atoms with Gasteiger partial charge >= 0.3 is 0 Å². The summed E-state index contributed by atoms with van der Waals surface area (Å²) in [5.74, 6) is -1.33. The third-order valence-corrected chi connectivity index (χ3v) is 7.75. The average molecular weight is 479 g/mol. The van der Waals surface area contributed by atoms with E-state index >= 15 is 0 Å². The van der Waals surface area contributed by atoms with Crippen LogP contribution < -0.4 is 14.5 Å². The Morgan fingerprint density at radius 3 is 2.08 bits per heavy atom. The summed E-state index contributed by atoms with van der Waals surface area (Å²) in [5.41, 5.74) is 2.02. The quantitative estimate of drug-likeness (QED) is 0.303. The zero-order chi connectivity index (χ0) is 25.0. The van der Waals surface area contributed by atoms with Gasteiger partial charge in [0.25, 0.3) is 0 Å². The highest BCUT2D eigenvalue weighted by Crippen LogP contribution is 2.63. The molecule has 0 radical (unpaired) electrons. The molecule has 2 heterocycles. The molecule has 1 aliphatic carbocycles. The van der Waals surface area contributed by atoms with Crippen molar-refractivity contribution in [2.24, 2.45) is 17.3 Å². The fourth-order valence-electron chi connectivity index (χ4n) is 6.31. The van der Waals surface area contributed by atoms with Gasteiger partial charge in [0.15, 0.2) is 0 Å². The molecule has 2 saturated heterocycles. The van der Waals surface area contributed by atoms with Crippen molar-refractivity contribution in [1.82, 2.24) is 0 Å². The van der Waals surface area contributed by atoms with Crippen LogP contribution in [-0.2, 0) is 14.4 Å². The summed E-state index contributed by atoms with van der Waals surface area (Å²) in [6, 6.07) is 25.7. The predicted molar refractivity (Wildman–Crippen MR) is 136 cm³/mol. The molecule has 3 amide bonds. The van der Waals surface area contributed by atoms with Gasteiger partial charge in [0.2, 0.25) is 17.7 Å². The lowest BCUT2D eigenvalue weighted by Crippen LogP contribution is -2.68. The first-order valence-electron chi connectivity index (χ1n) is 12.1. The van der Waals surface area contributed by atoms with Gasteiger partial charge in [0, 0.05) is 5.69 Å². The van der Waals surface area contributed by atoms with Gasteiger partial charge < -0.3 is 9.64 Å². The molecule has 0 aromatic heterocycles. The number of rotatable bonds is 4. The van der Waals surface area contributed by atoms with Crippen molar-refractivity contribution < 1.29 is 19.1 Å². The summed E-state index contributed by atoms with van der Waals surface area (Å²) in [6.45, 7) is 1.95. The maximum absolute atomic E-state index is 14.2. The van der Waals surface area contributed by atoms with Gasteiger partial charge in [-0.2, -0.15) is 0 Å². The largest absolute Gasteiger partial charge is 0.497 e. The Morgan fingerprint density at radius 1 is 0.806 bits per heavy atom. The number of amides is 3. The molecule has 0 saturated carbocycles. The number of anilines is 2. The van der Waals surface area contributed by atoms with E-state index in [9.17, 15) is 14.4 Å². The summed E-state index contributed by atoms with van der Waals surface area (Å²) in [6.07, 6.45) is 2.44. The predicted octanol–water partition coefficient (Wildman–Crippen LogP) is 4.93. The van der Waals surface area contributed by atoms with E-state index < -0.39 is 23.3 Å². The molecule has 0 unspecified atom stereocenters. The minimum absolute atomic E-state index is 0.161. The van der Waals surface area contributed by atoms with Gasteiger partial charge in [-0.1, -0.05) is 60.2 Å². The summed E-state index contributed by atoms with van der Waals surface area (Å²) in [7, 11) is 1.60. The number of nitrogens with zero attached hydrogens (tertiary/aromatic N) is 2. The van der Waals surface area contributed by atoms with Gasteiger partial charge in [-0.15, -0.1) is 0 Å². The molecular weight excluding hydrogens is 452 g/mol. The minimum atomic E-state index is -1.13. The number of hydrogen-bond acceptors (Lipinski definition) is 4. The second-order valence-electron chi connectivity index (χ2n) is 9.75. The lowest BCUT2D eigenvalue weighted by molar-refractivity contribution is -0.148. The minimum Gasteiger partial charge on any atom is -0.497 e. The van der Waals surface area contributed by atoms with Crippen LogP contribution in [0.2, 0.25) is 0 Å². The number of para-hydroxylation sites is 1. The lowest BCUT2D eigenvalue weighted by atomic mass is 9.54. The summed E-state index contributed by atoms with van der Waals surface area (Å²) in [4.78, 5) is 44.9. The number of hydrogen-bond donors (Lipinski definition) is 0. The van der Waals surface area contributed by atoms with Gasteiger partial charge in [0.1, 0.15) is 11.2 Å². The van der Waals surface area contributed by atoms with Crippen LogP contribution in [0.3, 0.4) is 0 Å². The second-order valence-corrected chi connectivity index (χ2v) is 9.75. The zero-order valence-corrected chi connectivity index (χ0v) is 20.1. The van der Waals surface area contributed by atoms with Gasteiger partial charge in [-0.3, -0.25) is 19.3 Å². The van der Waals surface area contributed by atoms with E-state index in [2.05, 4.69) is 0 Å². The van der Waals surface area contributed by atoms with Crippen molar-refractivity contribution in [3.8, 4) is 5.75 Å². The van der Waals surface area contributed by atoms with Crippen molar-refractivity contribution in [3.63, 3.8) is 0 Å². The Bertz CT molecular complexity index is 1380. The normalized spacial score (nSPS) is 27.1. The topological polar surface area (TPSA) is 66.9 Å². The number of methoxy groups -OCH3 is 1. The first-order chi connectivity index (χ1) is 17.5. The van der Waals surface area contributed by atoms with Crippen molar-refractivity contribution in [2.75, 3.05) is 16.9 Å². The Balaban J connectivity index is 1.50. The molecule has 6 nitrogen and oxygen atoms in total. The van der Waals surface area contributed by atoms with Crippen LogP contribution in [-0.4, -0.2) is 24.8 Å². The van der Waals surface area contributed by atoms with E-state index in [1.807, 2.05) is 85.8 Å². The van der Waals surface area contributed by atoms with Crippen molar-refractivity contribution in [1.29, 1.82) is 0 Å². The van der Waals surface area contributed by atoms with Crippen LogP contribution in [0, 0.1) is 17.3 Å². The number of benzene rings is 3. The first-order valence-corrected chi connectivity index (χ1v) is 12.1. The monoisotopic (exact) mass is 478 g/mol. The average Bonchev–Trinajstić information content (AvgIpc) is 3.16. The molecule has 0 bridgehead atoms. The molecule has 180 valence electrons. The van der Waals surface area contributed by atoms with Crippen LogP contribution in [0.4, 0.5) is 11.4 Å². The Hall–Kier alpha value is -4.19. The standard InChI is InChI=1S/C30H26N2O4/c1-19-17-24-25(28(34)32(27(24)33)21-11-7-4-8-12-21)30(18-19)26(20-9-5-3-6-10-20)31(29(30)35)22-13-15-23(36-2)16-14-22/h3-16,18,24-26H,17H2,1-2H3/t24-,25+,26+,30+/m1/s1. The molecule has 3 aliphatic rings. The van der Waals surface area contributed by atoms with E-state index in [0.717, 1.165) is 16.8 Å². The molecule has 3 aromatic carbocycles. The molecule has 1 spiro atoms. The van der Waals surface area contributed by atoms with E-state index in [-0.39, 0.29) is 17.7 Å². The Kier molecular flexibility index (Phi) is 5.07. The zero-order valence-electron chi connectivity index (χ0n) is 20.1. The highest BCUT2D eigenvalue weighted by molar-refractivity contribution is 6.25. The third-order valence-electron chi connectivity index (χ3n) is 7.75. The van der Waals surface area contributed by atoms with Crippen LogP contribution in [0.1, 0.15) is 24.9 Å². The molecule has 4 atom stereocenters. The number of allylic oxidation sites excluding steroid dienone is 1. The first kappa shape index (κ1) is 22.3. The van der Waals surface area contributed by atoms with Crippen LogP contribution >= 0.6 is 0 Å². The number of ether oxygens (including phenoxy) is 1. The highest BCUT2D eigenvalue weighted by atomic mass is 16.5. The van der Waals surface area contributed by atoms with Gasteiger partial charge in [-0.25, -0.2) is 0 Å². The molecule has 3 aromatic rings. The second kappa shape index (κ2) is 8.19. The number of fused-ring (bicyclic) bond motifs is 2. The highest BCUT2D eigenvalue weighted by Gasteiger charge is 2.72. The fourth-order valence-corrected chi connectivity index (χ4v) is 6.31. The van der Waals surface area contributed by atoms with Gasteiger partial charge in [-0.05, 0) is 55.3 Å². The van der Waals surface area contributed by atoms with Crippen LogP contribution in [0.15, 0.2) is 96.6 Å². The fraction of sp³-hybridized carbons (Fsp3) is 0.233. The SMILES string of the molecule is COc1ccc(N2C(=O)[C@]3(C=C(C)C[C@H]4C(=O)N(c5ccccc5)C(=O)[C@H]43)[C@@H]2c2ccccc2)cc1. The maximum Gasteiger partial charge on any atom is 0.240 e. The molecule has 36 heavy (non-hydrogen) atoms. The van der Waals surface area contributed by atoms with Gasteiger partial charge in [0.05, 0.1) is 30.7 Å².